The van der Waals surface area contributed by atoms with Crippen molar-refractivity contribution in [3.05, 3.63) is 59.1 Å². The molecule has 1 aromatic carbocycles. The third-order valence-corrected chi connectivity index (χ3v) is 4.77. The number of aromatic nitrogens is 5. The van der Waals surface area contributed by atoms with Gasteiger partial charge >= 0.3 is 6.09 Å². The zero-order chi connectivity index (χ0) is 24.2. The highest BCUT2D eigenvalue weighted by Gasteiger charge is 2.12. The predicted molar refractivity (Wildman–Crippen MR) is 127 cm³/mol. The third-order valence-electron chi connectivity index (χ3n) is 4.77. The fourth-order valence-corrected chi connectivity index (χ4v) is 3.15. The smallest absolute Gasteiger partial charge is 0.413 e. The van der Waals surface area contributed by atoms with Crippen molar-refractivity contribution >= 4 is 28.9 Å². The molecule has 174 valence electrons. The summed E-state index contributed by atoms with van der Waals surface area (Å²) in [6, 6.07) is 10.7. The van der Waals surface area contributed by atoms with E-state index in [2.05, 4.69) is 35.3 Å². The van der Waals surface area contributed by atoms with Crippen LogP contribution in [0.4, 0.5) is 16.7 Å². The van der Waals surface area contributed by atoms with Crippen LogP contribution in [0.5, 0.6) is 11.6 Å². The summed E-state index contributed by atoms with van der Waals surface area (Å²) in [6.45, 7) is 3.96. The van der Waals surface area contributed by atoms with Crippen LogP contribution < -0.4 is 20.9 Å². The maximum atomic E-state index is 12.9. The van der Waals surface area contributed by atoms with E-state index >= 15 is 0 Å². The number of fused-ring (bicyclic) bond motifs is 1. The number of carbonyl (C=O) groups excluding carboxylic acids is 1. The van der Waals surface area contributed by atoms with Crippen molar-refractivity contribution < 1.29 is 14.3 Å². The summed E-state index contributed by atoms with van der Waals surface area (Å²) in [5.74, 6) is 1.32. The van der Waals surface area contributed by atoms with Crippen LogP contribution in [0.3, 0.4) is 0 Å². The van der Waals surface area contributed by atoms with Crippen molar-refractivity contribution in [2.24, 2.45) is 7.05 Å². The quantitative estimate of drug-likeness (QED) is 0.442. The molecular formula is C23H23N7O4. The summed E-state index contributed by atoms with van der Waals surface area (Å²) < 4.78 is 11.8. The number of hydrogen-bond acceptors (Lipinski definition) is 9. The first-order valence-corrected chi connectivity index (χ1v) is 10.4. The molecule has 0 bridgehead atoms. The molecule has 0 aliphatic rings. The molecule has 0 saturated carbocycles. The van der Waals surface area contributed by atoms with Crippen molar-refractivity contribution in [3.63, 3.8) is 0 Å². The normalized spacial score (nSPS) is 10.9. The van der Waals surface area contributed by atoms with Gasteiger partial charge in [0.1, 0.15) is 5.75 Å². The fourth-order valence-electron chi connectivity index (χ4n) is 3.15. The van der Waals surface area contributed by atoms with E-state index in [1.54, 1.807) is 37.4 Å². The number of ether oxygens (including phenoxy) is 2. The molecule has 0 atom stereocenters. The molecule has 0 unspecified atom stereocenters. The van der Waals surface area contributed by atoms with Gasteiger partial charge in [0, 0.05) is 36.9 Å². The number of benzene rings is 1. The van der Waals surface area contributed by atoms with Crippen molar-refractivity contribution in [1.82, 2.24) is 24.5 Å². The molecule has 0 aliphatic carbocycles. The largest absolute Gasteiger partial charge is 0.453 e. The zero-order valence-electron chi connectivity index (χ0n) is 19.1. The number of anilines is 2. The van der Waals surface area contributed by atoms with Crippen LogP contribution in [0, 0.1) is 0 Å². The highest BCUT2D eigenvalue weighted by atomic mass is 16.5. The van der Waals surface area contributed by atoms with Gasteiger partial charge in [0.25, 0.3) is 5.56 Å². The zero-order valence-corrected chi connectivity index (χ0v) is 19.1. The van der Waals surface area contributed by atoms with E-state index in [1.165, 1.54) is 24.1 Å². The number of nitrogens with one attached hydrogen (secondary N) is 2. The number of rotatable bonds is 6. The maximum absolute atomic E-state index is 12.9. The first kappa shape index (κ1) is 22.6. The molecule has 4 aromatic rings. The summed E-state index contributed by atoms with van der Waals surface area (Å²) in [5, 5.41) is 6.34. The average Bonchev–Trinajstić information content (AvgIpc) is 2.82. The molecule has 11 nitrogen and oxygen atoms in total. The molecule has 0 fully saturated rings. The number of methoxy groups -OCH3 is 1. The van der Waals surface area contributed by atoms with Crippen LogP contribution >= 0.6 is 0 Å². The Balaban J connectivity index is 1.59. The summed E-state index contributed by atoms with van der Waals surface area (Å²) in [7, 11) is 2.92. The Kier molecular flexibility index (Phi) is 6.35. The van der Waals surface area contributed by atoms with Crippen LogP contribution in [0.2, 0.25) is 0 Å². The first-order chi connectivity index (χ1) is 16.3. The van der Waals surface area contributed by atoms with Crippen molar-refractivity contribution in [1.29, 1.82) is 0 Å². The van der Waals surface area contributed by atoms with Crippen molar-refractivity contribution in [2.75, 3.05) is 17.7 Å². The van der Waals surface area contributed by atoms with E-state index in [-0.39, 0.29) is 23.4 Å². The van der Waals surface area contributed by atoms with Gasteiger partial charge in [0.2, 0.25) is 17.8 Å². The minimum absolute atomic E-state index is 0.0567. The summed E-state index contributed by atoms with van der Waals surface area (Å²) in [6.07, 6.45) is 2.31. The van der Waals surface area contributed by atoms with Crippen LogP contribution in [0.25, 0.3) is 22.2 Å². The van der Waals surface area contributed by atoms with E-state index < -0.39 is 6.09 Å². The van der Waals surface area contributed by atoms with E-state index in [9.17, 15) is 9.59 Å². The topological polar surface area (TPSA) is 133 Å². The van der Waals surface area contributed by atoms with Crippen LogP contribution in [-0.2, 0) is 11.8 Å². The molecule has 0 saturated heterocycles. The third kappa shape index (κ3) is 4.93. The van der Waals surface area contributed by atoms with Crippen LogP contribution in [-0.4, -0.2) is 43.7 Å². The van der Waals surface area contributed by atoms with Gasteiger partial charge in [-0.3, -0.25) is 14.7 Å². The maximum Gasteiger partial charge on any atom is 0.413 e. The number of nitrogens with zero attached hydrogens (tertiary/aromatic N) is 5. The fraction of sp³-hybridized carbons (Fsp3) is 0.217. The van der Waals surface area contributed by atoms with Gasteiger partial charge in [-0.25, -0.2) is 19.7 Å². The molecule has 11 heteroatoms. The second kappa shape index (κ2) is 9.53. The van der Waals surface area contributed by atoms with Gasteiger partial charge in [-0.1, -0.05) is 6.07 Å². The summed E-state index contributed by atoms with van der Waals surface area (Å²) in [4.78, 5) is 41.3. The average molecular weight is 461 g/mol. The lowest BCUT2D eigenvalue weighted by Gasteiger charge is -2.13. The standard InChI is InChI=1S/C23H23N7O4/c1-13(2)26-22-25-12-16(20(31)30(22)3)18-7-5-14-11-15(6-8-17(14)27-18)34-19-9-10-24-21(28-19)29-23(32)33-4/h5-13H,1-4H3,(H,25,26)(H,24,28,29,32). The molecule has 4 rings (SSSR count). The molecule has 0 aliphatic heterocycles. The van der Waals surface area contributed by atoms with Crippen LogP contribution in [0.15, 0.2) is 53.6 Å². The van der Waals surface area contributed by atoms with Gasteiger partial charge in [-0.15, -0.1) is 0 Å². The van der Waals surface area contributed by atoms with E-state index in [0.717, 1.165) is 5.39 Å². The Morgan fingerprint density at radius 1 is 1.09 bits per heavy atom. The molecule has 0 radical (unpaired) electrons. The molecule has 2 N–H and O–H groups in total. The summed E-state index contributed by atoms with van der Waals surface area (Å²) >= 11 is 0. The molecule has 3 aromatic heterocycles. The lowest BCUT2D eigenvalue weighted by atomic mass is 10.1. The second-order valence-electron chi connectivity index (χ2n) is 7.65. The SMILES string of the molecule is COC(=O)Nc1nccc(Oc2ccc3nc(-c4cnc(NC(C)C)n(C)c4=O)ccc3c2)n1. The Hall–Kier alpha value is -4.54. The predicted octanol–water partition coefficient (Wildman–Crippen LogP) is 3.58. The Morgan fingerprint density at radius 3 is 2.68 bits per heavy atom. The Bertz CT molecular complexity index is 1420. The lowest BCUT2D eigenvalue weighted by molar-refractivity contribution is 0.186. The Labute approximate surface area is 194 Å². The summed E-state index contributed by atoms with van der Waals surface area (Å²) in [5.41, 5.74) is 1.43. The van der Waals surface area contributed by atoms with Gasteiger partial charge < -0.3 is 14.8 Å². The second-order valence-corrected chi connectivity index (χ2v) is 7.65. The molecule has 34 heavy (non-hydrogen) atoms. The van der Waals surface area contributed by atoms with Gasteiger partial charge in [-0.2, -0.15) is 4.98 Å². The van der Waals surface area contributed by atoms with Gasteiger partial charge in [0.05, 0.1) is 23.9 Å². The minimum atomic E-state index is -0.680. The highest BCUT2D eigenvalue weighted by Crippen LogP contribution is 2.26. The van der Waals surface area contributed by atoms with E-state index in [1.807, 2.05) is 19.9 Å². The molecular weight excluding hydrogens is 438 g/mol. The van der Waals surface area contributed by atoms with E-state index in [4.69, 9.17) is 4.74 Å². The number of carbonyl (C=O) groups is 1. The molecule has 3 heterocycles. The first-order valence-electron chi connectivity index (χ1n) is 10.4. The molecule has 1 amide bonds. The minimum Gasteiger partial charge on any atom is -0.453 e. The Morgan fingerprint density at radius 2 is 1.91 bits per heavy atom. The van der Waals surface area contributed by atoms with Gasteiger partial charge in [0.15, 0.2) is 0 Å². The molecule has 0 spiro atoms. The monoisotopic (exact) mass is 461 g/mol. The van der Waals surface area contributed by atoms with Crippen molar-refractivity contribution in [3.8, 4) is 22.9 Å². The van der Waals surface area contributed by atoms with Crippen molar-refractivity contribution in [2.45, 2.75) is 19.9 Å². The van der Waals surface area contributed by atoms with E-state index in [0.29, 0.717) is 28.5 Å². The number of hydrogen-bond donors (Lipinski definition) is 2. The number of amides is 1. The van der Waals surface area contributed by atoms with Crippen LogP contribution in [0.1, 0.15) is 13.8 Å². The number of pyridine rings is 1. The van der Waals surface area contributed by atoms with Gasteiger partial charge in [-0.05, 0) is 38.1 Å². The lowest BCUT2D eigenvalue weighted by Crippen LogP contribution is -2.25. The highest BCUT2D eigenvalue weighted by molar-refractivity contribution is 5.83.